The van der Waals surface area contributed by atoms with Gasteiger partial charge in [0.25, 0.3) is 0 Å². The number of amides is 2. The van der Waals surface area contributed by atoms with Gasteiger partial charge in [-0.05, 0) is 81.8 Å². The van der Waals surface area contributed by atoms with Gasteiger partial charge in [0.1, 0.15) is 5.60 Å². The second-order valence-electron chi connectivity index (χ2n) is 11.2. The third-order valence-electron chi connectivity index (χ3n) is 7.14. The van der Waals surface area contributed by atoms with Gasteiger partial charge in [-0.25, -0.2) is 4.79 Å². The van der Waals surface area contributed by atoms with Crippen LogP contribution >= 0.6 is 34.8 Å². The number of anilines is 1. The fraction of sp³-hybridized carbons (Fsp3) is 0.517. The summed E-state index contributed by atoms with van der Waals surface area (Å²) in [4.78, 5) is 31.9. The van der Waals surface area contributed by atoms with Crippen molar-refractivity contribution < 1.29 is 14.3 Å². The lowest BCUT2D eigenvalue weighted by molar-refractivity contribution is -0.132. The number of benzene rings is 2. The van der Waals surface area contributed by atoms with Gasteiger partial charge >= 0.3 is 6.09 Å². The van der Waals surface area contributed by atoms with E-state index in [2.05, 4.69) is 4.90 Å². The molecule has 2 fully saturated rings. The second-order valence-corrected chi connectivity index (χ2v) is 12.4. The van der Waals surface area contributed by atoms with Crippen molar-refractivity contribution in [2.24, 2.45) is 5.92 Å². The minimum absolute atomic E-state index is 0.0685. The van der Waals surface area contributed by atoms with Crippen LogP contribution in [0.3, 0.4) is 0 Å². The lowest BCUT2D eigenvalue weighted by Crippen LogP contribution is -2.51. The molecule has 2 saturated heterocycles. The third kappa shape index (κ3) is 7.49. The molecule has 2 aromatic rings. The lowest BCUT2D eigenvalue weighted by Gasteiger charge is -2.43. The topological polar surface area (TPSA) is 53.1 Å². The Morgan fingerprint density at radius 2 is 1.63 bits per heavy atom. The first-order chi connectivity index (χ1) is 18.0. The van der Waals surface area contributed by atoms with Crippen LogP contribution in [0.2, 0.25) is 15.1 Å². The molecule has 1 unspecified atom stereocenters. The number of halogens is 3. The molecule has 206 valence electrons. The normalized spacial score (nSPS) is 20.4. The lowest BCUT2D eigenvalue weighted by atomic mass is 9.93. The molecular formula is C29H36Cl3N3O3. The SMILES string of the molecule is CC(C)(C)OC(=O)N1CCCC(CCC(=O)N2CCN(c3ccc(Cl)cc3Cl)[C@H](c3ccc(Cl)cc3)C2)C1. The fourth-order valence-corrected chi connectivity index (χ4v) is 5.90. The molecule has 4 rings (SSSR count). The number of carbonyl (C=O) groups is 2. The highest BCUT2D eigenvalue weighted by molar-refractivity contribution is 6.36. The summed E-state index contributed by atoms with van der Waals surface area (Å²) in [5.41, 5.74) is 1.45. The molecule has 38 heavy (non-hydrogen) atoms. The van der Waals surface area contributed by atoms with E-state index in [4.69, 9.17) is 39.5 Å². The second kappa shape index (κ2) is 12.4. The Labute approximate surface area is 240 Å². The zero-order valence-electron chi connectivity index (χ0n) is 22.3. The Bertz CT molecular complexity index is 1140. The van der Waals surface area contributed by atoms with Crippen LogP contribution in [0, 0.1) is 5.92 Å². The minimum atomic E-state index is -0.515. The molecule has 0 N–H and O–H groups in total. The van der Waals surface area contributed by atoms with Gasteiger partial charge in [0.05, 0.1) is 16.8 Å². The van der Waals surface area contributed by atoms with Crippen molar-refractivity contribution in [2.75, 3.05) is 37.6 Å². The van der Waals surface area contributed by atoms with E-state index in [0.717, 1.165) is 30.5 Å². The predicted octanol–water partition coefficient (Wildman–Crippen LogP) is 7.46. The molecule has 6 nitrogen and oxygen atoms in total. The number of rotatable bonds is 5. The first kappa shape index (κ1) is 28.8. The Balaban J connectivity index is 1.41. The number of nitrogens with zero attached hydrogens (tertiary/aromatic N) is 3. The van der Waals surface area contributed by atoms with Gasteiger partial charge in [-0.3, -0.25) is 4.79 Å². The standard InChI is InChI=1S/C29H36Cl3N3O3/c1-29(2,3)38-28(37)34-14-4-5-20(18-34)6-13-27(36)33-15-16-35(25-12-11-23(31)17-24(25)32)26(19-33)21-7-9-22(30)10-8-21/h7-12,17,20,26H,4-6,13-16,18-19H2,1-3H3/t20?,26-/m0/s1. The summed E-state index contributed by atoms with van der Waals surface area (Å²) in [6, 6.07) is 13.2. The Morgan fingerprint density at radius 3 is 2.32 bits per heavy atom. The van der Waals surface area contributed by atoms with E-state index in [-0.39, 0.29) is 18.0 Å². The van der Waals surface area contributed by atoms with Gasteiger partial charge in [0.2, 0.25) is 5.91 Å². The first-order valence-electron chi connectivity index (χ1n) is 13.2. The molecule has 0 aliphatic carbocycles. The van der Waals surface area contributed by atoms with Gasteiger partial charge in [-0.2, -0.15) is 0 Å². The Morgan fingerprint density at radius 1 is 0.921 bits per heavy atom. The van der Waals surface area contributed by atoms with E-state index in [0.29, 0.717) is 60.1 Å². The van der Waals surface area contributed by atoms with Gasteiger partial charge < -0.3 is 19.4 Å². The summed E-state index contributed by atoms with van der Waals surface area (Å²) >= 11 is 18.9. The highest BCUT2D eigenvalue weighted by atomic mass is 35.5. The molecule has 2 atom stereocenters. The number of piperidine rings is 1. The van der Waals surface area contributed by atoms with E-state index >= 15 is 0 Å². The molecule has 0 saturated carbocycles. The maximum atomic E-state index is 13.4. The Hall–Kier alpha value is -2.15. The molecule has 9 heteroatoms. The molecular weight excluding hydrogens is 545 g/mol. The number of hydrogen-bond acceptors (Lipinski definition) is 4. The predicted molar refractivity (Wildman–Crippen MR) is 154 cm³/mol. The van der Waals surface area contributed by atoms with Crippen LogP contribution in [0.25, 0.3) is 0 Å². The Kier molecular flexibility index (Phi) is 9.38. The van der Waals surface area contributed by atoms with Gasteiger partial charge in [-0.15, -0.1) is 0 Å². The highest BCUT2D eigenvalue weighted by Crippen LogP contribution is 2.37. The summed E-state index contributed by atoms with van der Waals surface area (Å²) in [7, 11) is 0. The number of likely N-dealkylation sites (tertiary alicyclic amines) is 1. The number of carbonyl (C=O) groups excluding carboxylic acids is 2. The van der Waals surface area contributed by atoms with Crippen LogP contribution in [0.1, 0.15) is 58.1 Å². The summed E-state index contributed by atoms with van der Waals surface area (Å²) in [5.74, 6) is 0.432. The number of hydrogen-bond donors (Lipinski definition) is 0. The van der Waals surface area contributed by atoms with E-state index in [9.17, 15) is 9.59 Å². The smallest absolute Gasteiger partial charge is 0.410 e. The molecule has 2 amide bonds. The van der Waals surface area contributed by atoms with Crippen molar-refractivity contribution in [3.05, 3.63) is 63.1 Å². The maximum Gasteiger partial charge on any atom is 0.410 e. The highest BCUT2D eigenvalue weighted by Gasteiger charge is 2.33. The molecule has 2 heterocycles. The number of ether oxygens (including phenoxy) is 1. The molecule has 0 bridgehead atoms. The summed E-state index contributed by atoms with van der Waals surface area (Å²) in [6.07, 6.45) is 2.89. The average molecular weight is 581 g/mol. The molecule has 0 radical (unpaired) electrons. The zero-order valence-corrected chi connectivity index (χ0v) is 24.5. The molecule has 0 spiro atoms. The van der Waals surface area contributed by atoms with E-state index in [1.54, 1.807) is 11.0 Å². The molecule has 0 aromatic heterocycles. The van der Waals surface area contributed by atoms with Gasteiger partial charge in [0, 0.05) is 49.2 Å². The summed E-state index contributed by atoms with van der Waals surface area (Å²) in [5, 5.41) is 1.84. The van der Waals surface area contributed by atoms with Crippen LogP contribution in [-0.4, -0.2) is 60.1 Å². The third-order valence-corrected chi connectivity index (χ3v) is 7.93. The van der Waals surface area contributed by atoms with Crippen molar-refractivity contribution in [3.63, 3.8) is 0 Å². The van der Waals surface area contributed by atoms with Crippen LogP contribution in [0.15, 0.2) is 42.5 Å². The van der Waals surface area contributed by atoms with Crippen molar-refractivity contribution >= 4 is 52.5 Å². The van der Waals surface area contributed by atoms with Crippen LogP contribution in [0.4, 0.5) is 10.5 Å². The minimum Gasteiger partial charge on any atom is -0.444 e. The van der Waals surface area contributed by atoms with Gasteiger partial charge in [0.15, 0.2) is 0 Å². The van der Waals surface area contributed by atoms with Crippen molar-refractivity contribution in [2.45, 2.75) is 58.1 Å². The van der Waals surface area contributed by atoms with Crippen molar-refractivity contribution in [1.29, 1.82) is 0 Å². The maximum absolute atomic E-state index is 13.4. The number of piperazine rings is 1. The largest absolute Gasteiger partial charge is 0.444 e. The van der Waals surface area contributed by atoms with Crippen LogP contribution in [-0.2, 0) is 9.53 Å². The van der Waals surface area contributed by atoms with E-state index < -0.39 is 5.60 Å². The van der Waals surface area contributed by atoms with Crippen LogP contribution < -0.4 is 4.90 Å². The fourth-order valence-electron chi connectivity index (χ4n) is 5.26. The first-order valence-corrected chi connectivity index (χ1v) is 14.4. The summed E-state index contributed by atoms with van der Waals surface area (Å²) < 4.78 is 5.55. The zero-order chi connectivity index (χ0) is 27.4. The molecule has 2 aromatic carbocycles. The summed E-state index contributed by atoms with van der Waals surface area (Å²) in [6.45, 7) is 8.78. The average Bonchev–Trinajstić information content (AvgIpc) is 2.87. The van der Waals surface area contributed by atoms with Crippen LogP contribution in [0.5, 0.6) is 0 Å². The van der Waals surface area contributed by atoms with Crippen molar-refractivity contribution in [1.82, 2.24) is 9.80 Å². The van der Waals surface area contributed by atoms with E-state index in [1.807, 2.05) is 62.1 Å². The molecule has 2 aliphatic rings. The molecule has 2 aliphatic heterocycles. The van der Waals surface area contributed by atoms with Crippen molar-refractivity contribution in [3.8, 4) is 0 Å². The van der Waals surface area contributed by atoms with E-state index in [1.165, 1.54) is 0 Å². The monoisotopic (exact) mass is 579 g/mol. The van der Waals surface area contributed by atoms with Gasteiger partial charge in [-0.1, -0.05) is 46.9 Å². The quantitative estimate of drug-likeness (QED) is 0.368.